The molecular formula is C30H33F4N3O4S. The van der Waals surface area contributed by atoms with E-state index in [1.165, 1.54) is 29.2 Å². The zero-order valence-electron chi connectivity index (χ0n) is 23.3. The Morgan fingerprint density at radius 3 is 2.24 bits per heavy atom. The quantitative estimate of drug-likeness (QED) is 0.272. The normalized spacial score (nSPS) is 12.4. The first-order valence-electron chi connectivity index (χ1n) is 13.3. The van der Waals surface area contributed by atoms with E-state index in [2.05, 4.69) is 5.32 Å². The zero-order chi connectivity index (χ0) is 30.9. The third kappa shape index (κ3) is 9.04. The SMILES string of the molecule is CCNC(=O)[C@H](Cc1ccccc1)N(Cc1ccccc1F)C(=O)CCCN(c1cccc(C(F)(F)F)c1)S(C)(=O)=O. The molecule has 1 N–H and O–H groups in total. The fourth-order valence-electron chi connectivity index (χ4n) is 4.50. The zero-order valence-corrected chi connectivity index (χ0v) is 24.1. The van der Waals surface area contributed by atoms with E-state index in [0.717, 1.165) is 34.3 Å². The molecular weight excluding hydrogens is 574 g/mol. The summed E-state index contributed by atoms with van der Waals surface area (Å²) in [6.07, 6.45) is -3.97. The summed E-state index contributed by atoms with van der Waals surface area (Å²) >= 11 is 0. The molecule has 3 aromatic rings. The molecule has 0 unspecified atom stereocenters. The number of likely N-dealkylation sites (N-methyl/N-ethyl adjacent to an activating group) is 1. The average molecular weight is 608 g/mol. The number of carbonyl (C=O) groups excluding carboxylic acids is 2. The van der Waals surface area contributed by atoms with Crippen LogP contribution in [0.3, 0.4) is 0 Å². The Hall–Kier alpha value is -3.93. The second-order valence-electron chi connectivity index (χ2n) is 9.70. The first-order valence-corrected chi connectivity index (χ1v) is 15.2. The third-order valence-corrected chi connectivity index (χ3v) is 7.73. The van der Waals surface area contributed by atoms with Crippen LogP contribution in [0.5, 0.6) is 0 Å². The van der Waals surface area contributed by atoms with E-state index in [1.807, 2.05) is 6.07 Å². The number of anilines is 1. The van der Waals surface area contributed by atoms with Crippen LogP contribution in [0, 0.1) is 5.82 Å². The van der Waals surface area contributed by atoms with E-state index >= 15 is 0 Å². The lowest BCUT2D eigenvalue weighted by molar-refractivity contribution is -0.141. The highest BCUT2D eigenvalue weighted by Gasteiger charge is 2.33. The number of hydrogen-bond acceptors (Lipinski definition) is 4. The summed E-state index contributed by atoms with van der Waals surface area (Å²) in [5.41, 5.74) is -0.235. The summed E-state index contributed by atoms with van der Waals surface area (Å²) in [6.45, 7) is 1.52. The number of alkyl halides is 3. The lowest BCUT2D eigenvalue weighted by Gasteiger charge is -2.32. The molecule has 0 saturated heterocycles. The van der Waals surface area contributed by atoms with Crippen LogP contribution in [-0.4, -0.2) is 50.5 Å². The minimum Gasteiger partial charge on any atom is -0.355 e. The van der Waals surface area contributed by atoms with Gasteiger partial charge in [-0.1, -0.05) is 54.6 Å². The largest absolute Gasteiger partial charge is 0.416 e. The van der Waals surface area contributed by atoms with Gasteiger partial charge in [0.2, 0.25) is 21.8 Å². The van der Waals surface area contributed by atoms with Gasteiger partial charge in [-0.25, -0.2) is 12.8 Å². The molecule has 0 radical (unpaired) electrons. The average Bonchev–Trinajstić information content (AvgIpc) is 2.93. The third-order valence-electron chi connectivity index (χ3n) is 6.53. The number of halogens is 4. The maximum Gasteiger partial charge on any atom is 0.416 e. The van der Waals surface area contributed by atoms with E-state index in [1.54, 1.807) is 37.3 Å². The van der Waals surface area contributed by atoms with Crippen molar-refractivity contribution in [1.82, 2.24) is 10.2 Å². The van der Waals surface area contributed by atoms with Crippen LogP contribution in [0.15, 0.2) is 78.9 Å². The lowest BCUT2D eigenvalue weighted by Crippen LogP contribution is -2.50. The first kappa shape index (κ1) is 32.6. The van der Waals surface area contributed by atoms with Crippen molar-refractivity contribution in [1.29, 1.82) is 0 Å². The van der Waals surface area contributed by atoms with Gasteiger partial charge in [0.1, 0.15) is 11.9 Å². The maximum atomic E-state index is 14.7. The molecule has 0 aromatic heterocycles. The minimum atomic E-state index is -4.67. The molecule has 42 heavy (non-hydrogen) atoms. The second-order valence-corrected chi connectivity index (χ2v) is 11.6. The van der Waals surface area contributed by atoms with Crippen molar-refractivity contribution < 1.29 is 35.6 Å². The van der Waals surface area contributed by atoms with Crippen molar-refractivity contribution in [2.24, 2.45) is 0 Å². The summed E-state index contributed by atoms with van der Waals surface area (Å²) in [5, 5.41) is 2.73. The number of nitrogens with one attached hydrogen (secondary N) is 1. The van der Waals surface area contributed by atoms with Gasteiger partial charge < -0.3 is 10.2 Å². The molecule has 226 valence electrons. The highest BCUT2D eigenvalue weighted by atomic mass is 32.2. The van der Waals surface area contributed by atoms with Crippen molar-refractivity contribution in [3.05, 3.63) is 101 Å². The molecule has 12 heteroatoms. The second kappa shape index (κ2) is 14.3. The summed E-state index contributed by atoms with van der Waals surface area (Å²) in [5.74, 6) is -1.53. The van der Waals surface area contributed by atoms with Crippen molar-refractivity contribution in [3.63, 3.8) is 0 Å². The van der Waals surface area contributed by atoms with Gasteiger partial charge in [0.25, 0.3) is 0 Å². The molecule has 0 heterocycles. The maximum absolute atomic E-state index is 14.7. The number of hydrogen-bond donors (Lipinski definition) is 1. The van der Waals surface area contributed by atoms with E-state index < -0.39 is 45.4 Å². The van der Waals surface area contributed by atoms with Gasteiger partial charge in [0, 0.05) is 38.0 Å². The molecule has 0 aliphatic heterocycles. The van der Waals surface area contributed by atoms with Crippen LogP contribution >= 0.6 is 0 Å². The predicted molar refractivity (Wildman–Crippen MR) is 152 cm³/mol. The van der Waals surface area contributed by atoms with E-state index in [4.69, 9.17) is 0 Å². The van der Waals surface area contributed by atoms with E-state index in [9.17, 15) is 35.6 Å². The highest BCUT2D eigenvalue weighted by Crippen LogP contribution is 2.32. The van der Waals surface area contributed by atoms with Gasteiger partial charge in [-0.2, -0.15) is 13.2 Å². The van der Waals surface area contributed by atoms with Crippen molar-refractivity contribution in [2.45, 2.75) is 44.9 Å². The van der Waals surface area contributed by atoms with Crippen molar-refractivity contribution >= 4 is 27.5 Å². The van der Waals surface area contributed by atoms with E-state index in [0.29, 0.717) is 6.54 Å². The van der Waals surface area contributed by atoms with E-state index in [-0.39, 0.29) is 43.6 Å². The first-order chi connectivity index (χ1) is 19.8. The summed E-state index contributed by atoms with van der Waals surface area (Å²) in [7, 11) is -4.00. The predicted octanol–water partition coefficient (Wildman–Crippen LogP) is 5.17. The van der Waals surface area contributed by atoms with Gasteiger partial charge in [-0.3, -0.25) is 13.9 Å². The lowest BCUT2D eigenvalue weighted by atomic mass is 10.0. The Morgan fingerprint density at radius 1 is 0.952 bits per heavy atom. The Labute approximate surface area is 243 Å². The molecule has 2 amide bonds. The van der Waals surface area contributed by atoms with Crippen LogP contribution in [0.2, 0.25) is 0 Å². The molecule has 3 aromatic carbocycles. The van der Waals surface area contributed by atoms with Gasteiger partial charge >= 0.3 is 6.18 Å². The summed E-state index contributed by atoms with van der Waals surface area (Å²) in [6, 6.07) is 17.8. The Balaban J connectivity index is 1.88. The molecule has 3 rings (SSSR count). The van der Waals surface area contributed by atoms with Gasteiger partial charge in [-0.05, 0) is 43.2 Å². The Morgan fingerprint density at radius 2 is 1.62 bits per heavy atom. The van der Waals surface area contributed by atoms with Gasteiger partial charge in [-0.15, -0.1) is 0 Å². The number of carbonyl (C=O) groups is 2. The van der Waals surface area contributed by atoms with Crippen molar-refractivity contribution in [2.75, 3.05) is 23.7 Å². The van der Waals surface area contributed by atoms with Crippen LogP contribution in [0.1, 0.15) is 36.5 Å². The molecule has 1 atom stereocenters. The molecule has 0 bridgehead atoms. The van der Waals surface area contributed by atoms with Gasteiger partial charge in [0.15, 0.2) is 0 Å². The monoisotopic (exact) mass is 607 g/mol. The van der Waals surface area contributed by atoms with Crippen LogP contribution in [0.25, 0.3) is 0 Å². The smallest absolute Gasteiger partial charge is 0.355 e. The fraction of sp³-hybridized carbons (Fsp3) is 0.333. The fourth-order valence-corrected chi connectivity index (χ4v) is 5.45. The van der Waals surface area contributed by atoms with Crippen LogP contribution in [-0.2, 0) is 38.8 Å². The number of amides is 2. The minimum absolute atomic E-state index is 0.0661. The highest BCUT2D eigenvalue weighted by molar-refractivity contribution is 7.92. The Kier molecular flexibility index (Phi) is 11.1. The van der Waals surface area contributed by atoms with Crippen molar-refractivity contribution in [3.8, 4) is 0 Å². The topological polar surface area (TPSA) is 86.8 Å². The number of benzene rings is 3. The Bertz CT molecular complexity index is 1470. The summed E-state index contributed by atoms with van der Waals surface area (Å²) in [4.78, 5) is 28.1. The van der Waals surface area contributed by atoms with Crippen LogP contribution < -0.4 is 9.62 Å². The molecule has 0 aliphatic rings. The van der Waals surface area contributed by atoms with Crippen LogP contribution in [0.4, 0.5) is 23.2 Å². The van der Waals surface area contributed by atoms with Gasteiger partial charge in [0.05, 0.1) is 17.5 Å². The molecule has 0 aliphatic carbocycles. The molecule has 7 nitrogen and oxygen atoms in total. The number of sulfonamides is 1. The number of rotatable bonds is 13. The standard InChI is InChI=1S/C30H33F4N3O4S/c1-3-35-29(39)27(19-22-11-5-4-6-12-22)36(21-23-13-7-8-16-26(23)31)28(38)17-10-18-37(42(2,40)41)25-15-9-14-24(20-25)30(32,33)34/h4-9,11-16,20,27H,3,10,17-19,21H2,1-2H3,(H,35,39)/t27-/m0/s1. The molecule has 0 spiro atoms. The molecule has 0 fully saturated rings. The summed E-state index contributed by atoms with van der Waals surface area (Å²) < 4.78 is 80.2. The number of nitrogens with zero attached hydrogens (tertiary/aromatic N) is 2. The molecule has 0 saturated carbocycles.